The van der Waals surface area contributed by atoms with Crippen molar-refractivity contribution in [2.45, 2.75) is 0 Å². The highest BCUT2D eigenvalue weighted by atomic mass is 16.3. The zero-order valence-corrected chi connectivity index (χ0v) is 31.7. The summed E-state index contributed by atoms with van der Waals surface area (Å²) in [6.45, 7) is 0. The molecule has 0 spiro atoms. The van der Waals surface area contributed by atoms with E-state index in [9.17, 15) is 0 Å². The average molecular weight is 740 g/mol. The van der Waals surface area contributed by atoms with E-state index in [1.165, 1.54) is 43.8 Å². The molecule has 58 heavy (non-hydrogen) atoms. The molecule has 2 heteroatoms. The Labute approximate surface area is 337 Å². The van der Waals surface area contributed by atoms with Gasteiger partial charge in [0.05, 0.1) is 5.69 Å². The maximum atomic E-state index is 6.52. The van der Waals surface area contributed by atoms with E-state index in [4.69, 9.17) is 4.42 Å². The fraction of sp³-hybridized carbons (Fsp3) is 0. The number of fused-ring (bicyclic) bond motifs is 5. The second-order valence-corrected chi connectivity index (χ2v) is 14.9. The van der Waals surface area contributed by atoms with Crippen molar-refractivity contribution in [1.29, 1.82) is 0 Å². The first-order valence-electron chi connectivity index (χ1n) is 19.8. The Kier molecular flexibility index (Phi) is 8.19. The van der Waals surface area contributed by atoms with E-state index in [1.54, 1.807) is 0 Å². The molecule has 0 aliphatic carbocycles. The number of benzene rings is 10. The number of hydrogen-bond donors (Lipinski definition) is 0. The molecule has 0 N–H and O–H groups in total. The number of rotatable bonds is 7. The van der Waals surface area contributed by atoms with Gasteiger partial charge in [-0.1, -0.05) is 182 Å². The second kappa shape index (κ2) is 14.1. The Bertz CT molecular complexity index is 3260. The van der Waals surface area contributed by atoms with Gasteiger partial charge in [-0.05, 0) is 97.6 Å². The minimum atomic E-state index is 0.891. The van der Waals surface area contributed by atoms with Gasteiger partial charge in [0.25, 0.3) is 0 Å². The molecule has 0 saturated heterocycles. The number of nitrogens with zero attached hydrogens (tertiary/aromatic N) is 1. The highest BCUT2D eigenvalue weighted by molar-refractivity contribution is 6.11. The van der Waals surface area contributed by atoms with E-state index < -0.39 is 0 Å². The van der Waals surface area contributed by atoms with Crippen molar-refractivity contribution in [2.75, 3.05) is 4.90 Å². The van der Waals surface area contributed by atoms with Crippen LogP contribution in [0.1, 0.15) is 0 Å². The van der Waals surface area contributed by atoms with Gasteiger partial charge in [0.15, 0.2) is 0 Å². The first-order valence-corrected chi connectivity index (χ1v) is 19.8. The van der Waals surface area contributed by atoms with Crippen molar-refractivity contribution in [1.82, 2.24) is 0 Å². The summed E-state index contributed by atoms with van der Waals surface area (Å²) in [6, 6.07) is 80.6. The summed E-state index contributed by atoms with van der Waals surface area (Å²) in [5.41, 5.74) is 14.5. The summed E-state index contributed by atoms with van der Waals surface area (Å²) >= 11 is 0. The highest BCUT2D eigenvalue weighted by Gasteiger charge is 2.18. The molecule has 2 nitrogen and oxygen atoms in total. The van der Waals surface area contributed by atoms with Gasteiger partial charge in [-0.3, -0.25) is 0 Å². The van der Waals surface area contributed by atoms with Gasteiger partial charge in [-0.15, -0.1) is 0 Å². The van der Waals surface area contributed by atoms with E-state index in [0.717, 1.165) is 61.3 Å². The van der Waals surface area contributed by atoms with Crippen LogP contribution in [-0.4, -0.2) is 0 Å². The molecule has 272 valence electrons. The molecule has 0 aliphatic rings. The number of para-hydroxylation sites is 1. The van der Waals surface area contributed by atoms with Crippen LogP contribution in [0.2, 0.25) is 0 Å². The molecule has 0 radical (unpaired) electrons. The van der Waals surface area contributed by atoms with E-state index >= 15 is 0 Å². The van der Waals surface area contributed by atoms with Gasteiger partial charge in [0, 0.05) is 33.1 Å². The summed E-state index contributed by atoms with van der Waals surface area (Å²) in [4.78, 5) is 2.38. The topological polar surface area (TPSA) is 16.4 Å². The zero-order valence-electron chi connectivity index (χ0n) is 31.7. The van der Waals surface area contributed by atoms with Crippen molar-refractivity contribution in [3.05, 3.63) is 224 Å². The summed E-state index contributed by atoms with van der Waals surface area (Å²) in [5, 5.41) is 7.16. The minimum Gasteiger partial charge on any atom is -0.455 e. The molecule has 11 aromatic rings. The van der Waals surface area contributed by atoms with E-state index in [1.807, 2.05) is 6.07 Å². The van der Waals surface area contributed by atoms with Crippen LogP contribution >= 0.6 is 0 Å². The van der Waals surface area contributed by atoms with E-state index in [2.05, 4.69) is 223 Å². The lowest BCUT2D eigenvalue weighted by atomic mass is 9.93. The molecule has 0 atom stereocenters. The van der Waals surface area contributed by atoms with Crippen molar-refractivity contribution in [2.24, 2.45) is 0 Å². The molecule has 1 heterocycles. The van der Waals surface area contributed by atoms with E-state index in [-0.39, 0.29) is 0 Å². The summed E-state index contributed by atoms with van der Waals surface area (Å²) in [5.74, 6) is 0. The van der Waals surface area contributed by atoms with Gasteiger partial charge in [-0.25, -0.2) is 0 Å². The largest absolute Gasteiger partial charge is 0.455 e. The number of hydrogen-bond acceptors (Lipinski definition) is 2. The quantitative estimate of drug-likeness (QED) is 0.162. The minimum absolute atomic E-state index is 0.891. The number of furan rings is 1. The Morgan fingerprint density at radius 1 is 0.293 bits per heavy atom. The van der Waals surface area contributed by atoms with Crippen molar-refractivity contribution >= 4 is 60.5 Å². The van der Waals surface area contributed by atoms with E-state index in [0.29, 0.717) is 0 Å². The van der Waals surface area contributed by atoms with Crippen molar-refractivity contribution < 1.29 is 4.42 Å². The predicted octanol–water partition coefficient (Wildman–Crippen LogP) is 16.0. The van der Waals surface area contributed by atoms with Crippen LogP contribution in [0.15, 0.2) is 229 Å². The highest BCUT2D eigenvalue weighted by Crippen LogP contribution is 2.43. The molecule has 10 aromatic carbocycles. The lowest BCUT2D eigenvalue weighted by Crippen LogP contribution is -2.10. The van der Waals surface area contributed by atoms with Crippen LogP contribution < -0.4 is 4.90 Å². The van der Waals surface area contributed by atoms with Crippen molar-refractivity contribution in [3.8, 4) is 44.5 Å². The molecule has 0 unspecified atom stereocenters. The SMILES string of the molecule is c1ccc(-c2cccc3c2oc2ccc(-c4ccccc4-c4ccc(N(c5ccc(-c6cccc7ccccc67)cc5)c5cccc6ccccc56)cc4)cc23)cc1. The Morgan fingerprint density at radius 2 is 0.776 bits per heavy atom. The third-order valence-corrected chi connectivity index (χ3v) is 11.5. The van der Waals surface area contributed by atoms with Crippen LogP contribution in [0.4, 0.5) is 17.1 Å². The molecule has 0 amide bonds. The maximum absolute atomic E-state index is 6.52. The Morgan fingerprint density at radius 3 is 1.52 bits per heavy atom. The van der Waals surface area contributed by atoms with Crippen LogP contribution in [0.5, 0.6) is 0 Å². The first-order chi connectivity index (χ1) is 28.8. The Hall–Kier alpha value is -7.68. The average Bonchev–Trinajstić information content (AvgIpc) is 3.68. The smallest absolute Gasteiger partial charge is 0.143 e. The first kappa shape index (κ1) is 33.6. The Balaban J connectivity index is 0.987. The molecular weight excluding hydrogens is 703 g/mol. The molecule has 0 saturated carbocycles. The second-order valence-electron chi connectivity index (χ2n) is 14.9. The molecule has 0 aliphatic heterocycles. The van der Waals surface area contributed by atoms with Crippen LogP contribution in [0, 0.1) is 0 Å². The standard InChI is InChI=1S/C56H37NO/c1-2-13-40(14-3-1)51-24-12-25-52-53-37-43(31-36-55(53)58-56(51)52)49-21-9-8-20-47(49)41-27-32-44(33-28-41)57(54-26-11-18-39-16-5-7-22-50(39)54)45-34-29-42(30-35-45)48-23-10-17-38-15-4-6-19-46(38)48/h1-37H. The zero-order chi connectivity index (χ0) is 38.4. The summed E-state index contributed by atoms with van der Waals surface area (Å²) in [6.07, 6.45) is 0. The van der Waals surface area contributed by atoms with Gasteiger partial charge in [0.1, 0.15) is 11.2 Å². The normalized spacial score (nSPS) is 11.4. The monoisotopic (exact) mass is 739 g/mol. The number of anilines is 3. The third-order valence-electron chi connectivity index (χ3n) is 11.5. The summed E-state index contributed by atoms with van der Waals surface area (Å²) in [7, 11) is 0. The van der Waals surface area contributed by atoms with Gasteiger partial charge < -0.3 is 9.32 Å². The van der Waals surface area contributed by atoms with Crippen LogP contribution in [0.3, 0.4) is 0 Å². The molecular formula is C56H37NO. The molecule has 1 aromatic heterocycles. The maximum Gasteiger partial charge on any atom is 0.143 e. The molecule has 0 fully saturated rings. The van der Waals surface area contributed by atoms with Crippen molar-refractivity contribution in [3.63, 3.8) is 0 Å². The molecule has 11 rings (SSSR count). The third kappa shape index (κ3) is 5.82. The lowest BCUT2D eigenvalue weighted by Gasteiger charge is -2.27. The predicted molar refractivity (Wildman–Crippen MR) is 245 cm³/mol. The molecule has 0 bridgehead atoms. The van der Waals surface area contributed by atoms with Gasteiger partial charge in [0.2, 0.25) is 0 Å². The summed E-state index contributed by atoms with van der Waals surface area (Å²) < 4.78 is 6.52. The van der Waals surface area contributed by atoms with Crippen LogP contribution in [0.25, 0.3) is 88.0 Å². The van der Waals surface area contributed by atoms with Crippen LogP contribution in [-0.2, 0) is 0 Å². The van der Waals surface area contributed by atoms with Gasteiger partial charge in [-0.2, -0.15) is 0 Å². The fourth-order valence-electron chi connectivity index (χ4n) is 8.69. The van der Waals surface area contributed by atoms with Gasteiger partial charge >= 0.3 is 0 Å². The fourth-order valence-corrected chi connectivity index (χ4v) is 8.69. The lowest BCUT2D eigenvalue weighted by molar-refractivity contribution is 0.670.